The second-order valence-corrected chi connectivity index (χ2v) is 8.38. The lowest BCUT2D eigenvalue weighted by atomic mass is 9.86. The van der Waals surface area contributed by atoms with Crippen molar-refractivity contribution in [1.29, 1.82) is 0 Å². The lowest BCUT2D eigenvalue weighted by Gasteiger charge is -2.17. The molecule has 0 bridgehead atoms. The van der Waals surface area contributed by atoms with Gasteiger partial charge in [-0.1, -0.05) is 54.6 Å². The number of hydrogen-bond acceptors (Lipinski definition) is 2. The van der Waals surface area contributed by atoms with E-state index in [0.29, 0.717) is 0 Å². The number of rotatable bonds is 2. The van der Waals surface area contributed by atoms with Crippen LogP contribution in [0.5, 0.6) is 0 Å². The lowest BCUT2D eigenvalue weighted by Crippen LogP contribution is -2.06. The van der Waals surface area contributed by atoms with Gasteiger partial charge in [0.25, 0.3) is 0 Å². The zero-order valence-electron chi connectivity index (χ0n) is 17.4. The number of nitrogens with zero attached hydrogens (tertiary/aromatic N) is 2. The highest BCUT2D eigenvalue weighted by Crippen LogP contribution is 2.42. The average molecular weight is 386 g/mol. The van der Waals surface area contributed by atoms with Crippen LogP contribution in [0.25, 0.3) is 59.9 Å². The highest BCUT2D eigenvalue weighted by molar-refractivity contribution is 6.37. The summed E-state index contributed by atoms with van der Waals surface area (Å²) in [6.07, 6.45) is 8.20. The van der Waals surface area contributed by atoms with Crippen LogP contribution in [0.15, 0.2) is 65.9 Å². The Labute approximate surface area is 174 Å². The summed E-state index contributed by atoms with van der Waals surface area (Å²) in [4.78, 5) is 9.12. The molecule has 0 atom stereocenters. The zero-order chi connectivity index (χ0) is 20.4. The molecule has 0 fully saturated rings. The summed E-state index contributed by atoms with van der Waals surface area (Å²) in [5.41, 5.74) is 1.19. The molecule has 0 radical (unpaired) electrons. The molecular formula is C28H22N2. The summed E-state index contributed by atoms with van der Waals surface area (Å²) < 4.78 is 0. The van der Waals surface area contributed by atoms with E-state index in [9.17, 15) is 0 Å². The van der Waals surface area contributed by atoms with E-state index in [2.05, 4.69) is 80.4 Å². The van der Waals surface area contributed by atoms with Gasteiger partial charge in [-0.05, 0) is 63.7 Å². The highest BCUT2D eigenvalue weighted by Gasteiger charge is 2.16. The van der Waals surface area contributed by atoms with Crippen LogP contribution in [0, 0.1) is 0 Å². The van der Waals surface area contributed by atoms with Crippen LogP contribution in [0.1, 0.15) is 26.3 Å². The second-order valence-electron chi connectivity index (χ2n) is 8.38. The van der Waals surface area contributed by atoms with Gasteiger partial charge in [0.1, 0.15) is 0 Å². The van der Waals surface area contributed by atoms with Crippen LogP contribution in [0.4, 0.5) is 0 Å². The van der Waals surface area contributed by atoms with Crippen molar-refractivity contribution >= 4 is 66.2 Å². The molecule has 2 nitrogen and oxygen atoms in total. The Balaban J connectivity index is 1.92. The summed E-state index contributed by atoms with van der Waals surface area (Å²) in [6.45, 7) is 6.35. The molecule has 1 aromatic heterocycles. The Bertz CT molecular complexity index is 1610. The van der Waals surface area contributed by atoms with Gasteiger partial charge >= 0.3 is 0 Å². The van der Waals surface area contributed by atoms with Gasteiger partial charge < -0.3 is 0 Å². The number of pyridine rings is 1. The summed E-state index contributed by atoms with van der Waals surface area (Å²) in [6, 6.07) is 18.3. The Morgan fingerprint density at radius 3 is 1.87 bits per heavy atom. The molecule has 0 spiro atoms. The van der Waals surface area contributed by atoms with Gasteiger partial charge in [0.05, 0.1) is 0 Å². The minimum Gasteiger partial charge on any atom is -0.290 e. The van der Waals surface area contributed by atoms with Crippen LogP contribution >= 0.6 is 0 Å². The molecular weight excluding hydrogens is 364 g/mol. The second kappa shape index (κ2) is 6.24. The summed E-state index contributed by atoms with van der Waals surface area (Å²) in [5.74, 6) is 0. The van der Waals surface area contributed by atoms with Gasteiger partial charge in [0.2, 0.25) is 0 Å². The van der Waals surface area contributed by atoms with Crippen molar-refractivity contribution in [3.05, 3.63) is 71.7 Å². The lowest BCUT2D eigenvalue weighted by molar-refractivity contribution is 0.841. The van der Waals surface area contributed by atoms with E-state index < -0.39 is 0 Å². The molecule has 0 saturated heterocycles. The molecule has 6 aromatic rings. The first-order valence-electron chi connectivity index (χ1n) is 10.6. The van der Waals surface area contributed by atoms with E-state index >= 15 is 0 Å². The van der Waals surface area contributed by atoms with Crippen molar-refractivity contribution in [1.82, 2.24) is 4.98 Å². The average Bonchev–Trinajstić information content (AvgIpc) is 2.77. The van der Waals surface area contributed by atoms with Crippen molar-refractivity contribution in [3.63, 3.8) is 0 Å². The van der Waals surface area contributed by atoms with E-state index in [1.54, 1.807) is 0 Å². The third-order valence-electron chi connectivity index (χ3n) is 6.28. The van der Waals surface area contributed by atoms with Crippen LogP contribution in [-0.2, 0) is 0 Å². The van der Waals surface area contributed by atoms with Crippen molar-refractivity contribution in [3.8, 4) is 0 Å². The number of hydrogen-bond donors (Lipinski definition) is 0. The highest BCUT2D eigenvalue weighted by atomic mass is 14.7. The van der Waals surface area contributed by atoms with Crippen molar-refractivity contribution in [2.45, 2.75) is 26.8 Å². The van der Waals surface area contributed by atoms with E-state index in [0.717, 1.165) is 0 Å². The van der Waals surface area contributed by atoms with Gasteiger partial charge in [-0.25, -0.2) is 0 Å². The molecule has 0 amide bonds. The van der Waals surface area contributed by atoms with Gasteiger partial charge in [0, 0.05) is 46.4 Å². The predicted molar refractivity (Wildman–Crippen MR) is 131 cm³/mol. The summed E-state index contributed by atoms with van der Waals surface area (Å²) in [5, 5.41) is 14.2. The van der Waals surface area contributed by atoms with Gasteiger partial charge in [0.15, 0.2) is 0 Å². The smallest absolute Gasteiger partial charge is 0.0443 e. The van der Waals surface area contributed by atoms with Gasteiger partial charge in [-0.2, -0.15) is 0 Å². The first-order chi connectivity index (χ1) is 14.7. The molecule has 5 aromatic carbocycles. The fourth-order valence-corrected chi connectivity index (χ4v) is 4.99. The summed E-state index contributed by atoms with van der Waals surface area (Å²) in [7, 11) is 0. The molecule has 6 rings (SSSR count). The van der Waals surface area contributed by atoms with E-state index in [1.165, 1.54) is 64.6 Å². The largest absolute Gasteiger partial charge is 0.290 e. The fraction of sp³-hybridized carbons (Fsp3) is 0.143. The first kappa shape index (κ1) is 17.3. The van der Waals surface area contributed by atoms with E-state index in [4.69, 9.17) is 4.99 Å². The van der Waals surface area contributed by atoms with Crippen LogP contribution in [-0.4, -0.2) is 17.2 Å². The Morgan fingerprint density at radius 2 is 1.27 bits per heavy atom. The topological polar surface area (TPSA) is 25.2 Å². The molecule has 1 heterocycles. The van der Waals surface area contributed by atoms with Crippen molar-refractivity contribution < 1.29 is 0 Å². The minimum absolute atomic E-state index is 0.277. The van der Waals surface area contributed by atoms with Crippen LogP contribution in [0.2, 0.25) is 0 Å². The number of fused-ring (bicyclic) bond motifs is 2. The maximum Gasteiger partial charge on any atom is 0.0443 e. The van der Waals surface area contributed by atoms with E-state index in [-0.39, 0.29) is 6.04 Å². The Hall–Kier alpha value is -3.52. The molecule has 0 unspecified atom stereocenters. The molecule has 0 aliphatic heterocycles. The summed E-state index contributed by atoms with van der Waals surface area (Å²) >= 11 is 0. The number of benzene rings is 5. The molecule has 0 aliphatic carbocycles. The third kappa shape index (κ3) is 2.25. The molecule has 30 heavy (non-hydrogen) atoms. The number of aliphatic imine (C=N–C) groups is 1. The maximum atomic E-state index is 4.69. The normalized spacial score (nSPS) is 13.5. The standard InChI is InChI=1S/C28H22N2/c1-4-17-5-9-21-23-10-6-18-13-29-14-19-7-11-24(28(23)26(18)19)22-12-8-20(15-30-16(2)3)25(17)27(21)22/h4-16H,1-3H3/b17-4-,30-15+. The SMILES string of the molecule is C/C=c1/ccc2c3ccc4cncc5ccc(c6ccc(/C=N/C(C)C)c1c62)c3c54. The number of aromatic nitrogens is 1. The van der Waals surface area contributed by atoms with Gasteiger partial charge in [-0.3, -0.25) is 9.98 Å². The fourth-order valence-electron chi connectivity index (χ4n) is 4.99. The quantitative estimate of drug-likeness (QED) is 0.186. The minimum atomic E-state index is 0.277. The Kier molecular flexibility index (Phi) is 3.61. The van der Waals surface area contributed by atoms with Gasteiger partial charge in [-0.15, -0.1) is 0 Å². The van der Waals surface area contributed by atoms with Crippen LogP contribution in [0.3, 0.4) is 0 Å². The Morgan fingerprint density at radius 1 is 0.700 bits per heavy atom. The van der Waals surface area contributed by atoms with Crippen molar-refractivity contribution in [2.24, 2.45) is 4.99 Å². The molecule has 0 saturated carbocycles. The maximum absolute atomic E-state index is 4.69. The molecule has 0 N–H and O–H groups in total. The monoisotopic (exact) mass is 386 g/mol. The predicted octanol–water partition coefficient (Wildman–Crippen LogP) is 6.63. The third-order valence-corrected chi connectivity index (χ3v) is 6.28. The molecule has 144 valence electrons. The first-order valence-corrected chi connectivity index (χ1v) is 10.6. The van der Waals surface area contributed by atoms with Crippen molar-refractivity contribution in [2.75, 3.05) is 0 Å². The molecule has 0 aliphatic rings. The molecule has 2 heteroatoms. The zero-order valence-corrected chi connectivity index (χ0v) is 17.4. The van der Waals surface area contributed by atoms with Crippen LogP contribution < -0.4 is 5.22 Å². The van der Waals surface area contributed by atoms with E-state index in [1.807, 2.05) is 18.6 Å².